The summed E-state index contributed by atoms with van der Waals surface area (Å²) in [4.78, 5) is 14.5. The minimum Gasteiger partial charge on any atom is -0.337 e. The van der Waals surface area contributed by atoms with E-state index in [0.717, 1.165) is 31.1 Å². The normalized spacial score (nSPS) is 23.2. The Labute approximate surface area is 112 Å². The molecule has 3 nitrogen and oxygen atoms in total. The van der Waals surface area contributed by atoms with Gasteiger partial charge in [0.2, 0.25) is 0 Å². The molecule has 1 N–H and O–H groups in total. The monoisotopic (exact) mass is 264 g/mol. The summed E-state index contributed by atoms with van der Waals surface area (Å²) in [6.45, 7) is 2.94. The van der Waals surface area contributed by atoms with Gasteiger partial charge in [-0.2, -0.15) is 11.3 Å². The Morgan fingerprint density at radius 1 is 1.39 bits per heavy atom. The third-order valence-electron chi connectivity index (χ3n) is 3.83. The minimum absolute atomic E-state index is 0.219. The first-order valence-electron chi connectivity index (χ1n) is 6.88. The van der Waals surface area contributed by atoms with Gasteiger partial charge in [0.1, 0.15) is 0 Å². The molecule has 98 valence electrons. The van der Waals surface area contributed by atoms with Crippen molar-refractivity contribution in [2.24, 2.45) is 5.92 Å². The average Bonchev–Trinajstić information content (AvgIpc) is 2.88. The number of carbonyl (C=O) groups is 1. The zero-order valence-electron chi connectivity index (χ0n) is 10.6. The molecule has 1 atom stereocenters. The molecular formula is C14H20N2OS. The fourth-order valence-electron chi connectivity index (χ4n) is 2.60. The van der Waals surface area contributed by atoms with Crippen LogP contribution in [0.3, 0.4) is 0 Å². The predicted octanol–water partition coefficient (Wildman–Crippen LogP) is 2.35. The molecule has 3 rings (SSSR count). The highest BCUT2D eigenvalue weighted by Crippen LogP contribution is 2.30. The van der Waals surface area contributed by atoms with Crippen molar-refractivity contribution in [3.63, 3.8) is 0 Å². The van der Waals surface area contributed by atoms with Crippen molar-refractivity contribution in [2.45, 2.75) is 31.7 Å². The van der Waals surface area contributed by atoms with Crippen LogP contribution in [0.15, 0.2) is 16.8 Å². The van der Waals surface area contributed by atoms with Crippen molar-refractivity contribution in [1.29, 1.82) is 0 Å². The number of hydrogen-bond acceptors (Lipinski definition) is 3. The van der Waals surface area contributed by atoms with Crippen LogP contribution in [-0.4, -0.2) is 36.5 Å². The summed E-state index contributed by atoms with van der Waals surface area (Å²) in [5, 5.41) is 7.43. The topological polar surface area (TPSA) is 32.3 Å². The maximum absolute atomic E-state index is 12.5. The second-order valence-electron chi connectivity index (χ2n) is 5.46. The first kappa shape index (κ1) is 12.2. The van der Waals surface area contributed by atoms with E-state index in [-0.39, 0.29) is 5.91 Å². The van der Waals surface area contributed by atoms with E-state index in [1.165, 1.54) is 25.7 Å². The summed E-state index contributed by atoms with van der Waals surface area (Å²) in [5.74, 6) is 0.978. The molecule has 1 aromatic rings. The molecule has 1 saturated heterocycles. The average molecular weight is 264 g/mol. The van der Waals surface area contributed by atoms with Crippen LogP contribution in [0.25, 0.3) is 0 Å². The van der Waals surface area contributed by atoms with Crippen molar-refractivity contribution in [3.8, 4) is 0 Å². The molecule has 1 aliphatic carbocycles. The van der Waals surface area contributed by atoms with Gasteiger partial charge in [-0.15, -0.1) is 0 Å². The zero-order valence-corrected chi connectivity index (χ0v) is 11.4. The molecule has 0 bridgehead atoms. The van der Waals surface area contributed by atoms with Crippen LogP contribution in [0.2, 0.25) is 0 Å². The van der Waals surface area contributed by atoms with E-state index in [1.807, 2.05) is 16.8 Å². The van der Waals surface area contributed by atoms with E-state index in [0.29, 0.717) is 6.04 Å². The third kappa shape index (κ3) is 2.93. The molecule has 0 spiro atoms. The van der Waals surface area contributed by atoms with Crippen LogP contribution in [-0.2, 0) is 0 Å². The van der Waals surface area contributed by atoms with Gasteiger partial charge in [0.05, 0.1) is 5.56 Å². The molecule has 1 saturated carbocycles. The van der Waals surface area contributed by atoms with Gasteiger partial charge in [-0.05, 0) is 49.6 Å². The Kier molecular flexibility index (Phi) is 3.66. The Hall–Kier alpha value is -0.870. The van der Waals surface area contributed by atoms with E-state index in [9.17, 15) is 4.79 Å². The van der Waals surface area contributed by atoms with Crippen LogP contribution in [0.5, 0.6) is 0 Å². The number of rotatable bonds is 5. The minimum atomic E-state index is 0.219. The zero-order chi connectivity index (χ0) is 12.4. The maximum Gasteiger partial charge on any atom is 0.254 e. The number of hydrogen-bond donors (Lipinski definition) is 1. The fraction of sp³-hybridized carbons (Fsp3) is 0.643. The highest BCUT2D eigenvalue weighted by Gasteiger charge is 2.29. The summed E-state index contributed by atoms with van der Waals surface area (Å²) < 4.78 is 0. The van der Waals surface area contributed by atoms with Gasteiger partial charge in [0, 0.05) is 24.5 Å². The predicted molar refractivity (Wildman–Crippen MR) is 74.0 cm³/mol. The quantitative estimate of drug-likeness (QED) is 0.885. The molecule has 4 heteroatoms. The first-order chi connectivity index (χ1) is 8.83. The molecule has 1 aliphatic heterocycles. The van der Waals surface area contributed by atoms with E-state index >= 15 is 0 Å². The molecule has 2 aliphatic rings. The van der Waals surface area contributed by atoms with E-state index in [4.69, 9.17) is 0 Å². The number of nitrogens with zero attached hydrogens (tertiary/aromatic N) is 1. The van der Waals surface area contributed by atoms with Crippen LogP contribution in [0.4, 0.5) is 0 Å². The van der Waals surface area contributed by atoms with Crippen LogP contribution in [0.1, 0.15) is 36.0 Å². The SMILES string of the molecule is O=C(c1ccsc1)N(CC1CC1)CC1CCCN1. The number of carbonyl (C=O) groups excluding carboxylic acids is 1. The summed E-state index contributed by atoms with van der Waals surface area (Å²) in [6, 6.07) is 2.45. The van der Waals surface area contributed by atoms with Crippen LogP contribution < -0.4 is 5.32 Å². The first-order valence-corrected chi connectivity index (χ1v) is 7.82. The number of amides is 1. The highest BCUT2D eigenvalue weighted by atomic mass is 32.1. The molecule has 0 radical (unpaired) electrons. The van der Waals surface area contributed by atoms with Gasteiger partial charge >= 0.3 is 0 Å². The van der Waals surface area contributed by atoms with Gasteiger partial charge in [0.25, 0.3) is 5.91 Å². The van der Waals surface area contributed by atoms with E-state index in [1.54, 1.807) is 11.3 Å². The van der Waals surface area contributed by atoms with E-state index in [2.05, 4.69) is 10.2 Å². The fourth-order valence-corrected chi connectivity index (χ4v) is 3.23. The largest absolute Gasteiger partial charge is 0.337 e. The Bertz CT molecular complexity index is 394. The van der Waals surface area contributed by atoms with E-state index < -0.39 is 0 Å². The van der Waals surface area contributed by atoms with Crippen molar-refractivity contribution >= 4 is 17.2 Å². The standard InChI is InChI=1S/C14H20N2OS/c17-14(12-5-7-18-10-12)16(8-11-3-4-11)9-13-2-1-6-15-13/h5,7,10-11,13,15H,1-4,6,8-9H2. The molecule has 1 amide bonds. The summed E-state index contributed by atoms with van der Waals surface area (Å²) in [6.07, 6.45) is 5.05. The Morgan fingerprint density at radius 2 is 2.28 bits per heavy atom. The molecule has 2 heterocycles. The van der Waals surface area contributed by atoms with Crippen molar-refractivity contribution in [3.05, 3.63) is 22.4 Å². The van der Waals surface area contributed by atoms with Crippen LogP contribution in [0, 0.1) is 5.92 Å². The highest BCUT2D eigenvalue weighted by molar-refractivity contribution is 7.08. The van der Waals surface area contributed by atoms with Gasteiger partial charge in [-0.3, -0.25) is 4.79 Å². The lowest BCUT2D eigenvalue weighted by molar-refractivity contribution is 0.0734. The second-order valence-corrected chi connectivity index (χ2v) is 6.24. The molecular weight excluding hydrogens is 244 g/mol. The molecule has 0 aromatic carbocycles. The molecule has 18 heavy (non-hydrogen) atoms. The Morgan fingerprint density at radius 3 is 2.89 bits per heavy atom. The number of nitrogens with one attached hydrogen (secondary N) is 1. The molecule has 1 unspecified atom stereocenters. The summed E-state index contributed by atoms with van der Waals surface area (Å²) >= 11 is 1.60. The molecule has 2 fully saturated rings. The number of thiophene rings is 1. The lowest BCUT2D eigenvalue weighted by atomic mass is 10.2. The lowest BCUT2D eigenvalue weighted by Crippen LogP contribution is -2.42. The smallest absolute Gasteiger partial charge is 0.254 e. The lowest BCUT2D eigenvalue weighted by Gasteiger charge is -2.25. The van der Waals surface area contributed by atoms with Gasteiger partial charge in [-0.1, -0.05) is 0 Å². The second kappa shape index (κ2) is 5.41. The van der Waals surface area contributed by atoms with Gasteiger partial charge < -0.3 is 10.2 Å². The Balaban J connectivity index is 1.65. The summed E-state index contributed by atoms with van der Waals surface area (Å²) in [7, 11) is 0. The van der Waals surface area contributed by atoms with Crippen molar-refractivity contribution < 1.29 is 4.79 Å². The van der Waals surface area contributed by atoms with Crippen LogP contribution >= 0.6 is 11.3 Å². The molecule has 1 aromatic heterocycles. The van der Waals surface area contributed by atoms with Gasteiger partial charge in [-0.25, -0.2) is 0 Å². The summed E-state index contributed by atoms with van der Waals surface area (Å²) in [5.41, 5.74) is 0.860. The van der Waals surface area contributed by atoms with Crippen molar-refractivity contribution in [2.75, 3.05) is 19.6 Å². The van der Waals surface area contributed by atoms with Gasteiger partial charge in [0.15, 0.2) is 0 Å². The third-order valence-corrected chi connectivity index (χ3v) is 4.52. The van der Waals surface area contributed by atoms with Crippen molar-refractivity contribution in [1.82, 2.24) is 10.2 Å². The maximum atomic E-state index is 12.5.